The fourth-order valence-corrected chi connectivity index (χ4v) is 2.30. The van der Waals surface area contributed by atoms with Crippen molar-refractivity contribution < 1.29 is 9.53 Å². The molecule has 5 heteroatoms. The van der Waals surface area contributed by atoms with Crippen molar-refractivity contribution >= 4 is 29.0 Å². The number of hydrogen-bond donors (Lipinski definition) is 0. The summed E-state index contributed by atoms with van der Waals surface area (Å²) in [4.78, 5) is 12.2. The molecule has 0 bridgehead atoms. The first-order chi connectivity index (χ1) is 9.41. The van der Waals surface area contributed by atoms with Crippen LogP contribution >= 0.6 is 23.2 Å². The van der Waals surface area contributed by atoms with Gasteiger partial charge in [-0.3, -0.25) is 4.79 Å². The number of aryl methyl sites for hydroxylation is 1. The number of nitrogens with zero attached hydrogens (tertiary/aromatic N) is 1. The van der Waals surface area contributed by atoms with Crippen LogP contribution in [0.3, 0.4) is 0 Å². The lowest BCUT2D eigenvalue weighted by Gasteiger charge is -2.08. The molecule has 0 unspecified atom stereocenters. The number of hydrogen-bond acceptors (Lipinski definition) is 2. The molecule has 0 radical (unpaired) electrons. The summed E-state index contributed by atoms with van der Waals surface area (Å²) in [6.07, 6.45) is 0. The summed E-state index contributed by atoms with van der Waals surface area (Å²) >= 11 is 11.9. The van der Waals surface area contributed by atoms with Crippen LogP contribution in [0.5, 0.6) is 5.75 Å². The quantitative estimate of drug-likeness (QED) is 0.792. The van der Waals surface area contributed by atoms with Crippen molar-refractivity contribution in [3.8, 4) is 5.75 Å². The summed E-state index contributed by atoms with van der Waals surface area (Å²) in [5.74, 6) is 0.333. The van der Waals surface area contributed by atoms with E-state index in [0.717, 1.165) is 11.4 Å². The van der Waals surface area contributed by atoms with Crippen molar-refractivity contribution in [2.75, 3.05) is 6.61 Å². The zero-order valence-electron chi connectivity index (χ0n) is 11.5. The number of aromatic nitrogens is 1. The van der Waals surface area contributed by atoms with Gasteiger partial charge in [0, 0.05) is 24.0 Å². The molecule has 106 valence electrons. The lowest BCUT2D eigenvalue weighted by Crippen LogP contribution is -2.12. The van der Waals surface area contributed by atoms with Crippen molar-refractivity contribution in [3.63, 3.8) is 0 Å². The molecular formula is C15H15Cl2NO2. The molecular weight excluding hydrogens is 297 g/mol. The highest BCUT2D eigenvalue weighted by Gasteiger charge is 2.15. The molecule has 0 spiro atoms. The maximum absolute atomic E-state index is 12.2. The first kappa shape index (κ1) is 14.9. The van der Waals surface area contributed by atoms with Crippen LogP contribution in [0.2, 0.25) is 10.0 Å². The smallest absolute Gasteiger partial charge is 0.202 e. The van der Waals surface area contributed by atoms with Crippen LogP contribution < -0.4 is 4.74 Å². The van der Waals surface area contributed by atoms with E-state index in [1.165, 1.54) is 0 Å². The van der Waals surface area contributed by atoms with E-state index in [-0.39, 0.29) is 12.4 Å². The Kier molecular flexibility index (Phi) is 4.41. The van der Waals surface area contributed by atoms with Crippen LogP contribution in [0.15, 0.2) is 24.3 Å². The number of benzene rings is 1. The summed E-state index contributed by atoms with van der Waals surface area (Å²) in [5.41, 5.74) is 2.63. The molecule has 0 aliphatic heterocycles. The largest absolute Gasteiger partial charge is 0.484 e. The summed E-state index contributed by atoms with van der Waals surface area (Å²) in [6.45, 7) is 3.80. The number of carbonyl (C=O) groups excluding carboxylic acids is 1. The van der Waals surface area contributed by atoms with Crippen LogP contribution in [0.4, 0.5) is 0 Å². The van der Waals surface area contributed by atoms with Gasteiger partial charge in [-0.2, -0.15) is 0 Å². The van der Waals surface area contributed by atoms with Crippen LogP contribution in [0.25, 0.3) is 0 Å². The fraction of sp³-hybridized carbons (Fsp3) is 0.267. The van der Waals surface area contributed by atoms with Gasteiger partial charge in [-0.05, 0) is 32.0 Å². The highest BCUT2D eigenvalue weighted by Crippen LogP contribution is 2.31. The van der Waals surface area contributed by atoms with Gasteiger partial charge >= 0.3 is 0 Å². The van der Waals surface area contributed by atoms with Crippen molar-refractivity contribution in [1.29, 1.82) is 0 Å². The number of rotatable bonds is 4. The Labute approximate surface area is 128 Å². The lowest BCUT2D eigenvalue weighted by molar-refractivity contribution is 0.0921. The van der Waals surface area contributed by atoms with Gasteiger partial charge in [0.15, 0.2) is 6.61 Å². The van der Waals surface area contributed by atoms with Gasteiger partial charge in [0.05, 0.1) is 5.02 Å². The number of halogens is 2. The Morgan fingerprint density at radius 3 is 2.60 bits per heavy atom. The molecule has 1 aromatic heterocycles. The van der Waals surface area contributed by atoms with E-state index < -0.39 is 0 Å². The van der Waals surface area contributed by atoms with Gasteiger partial charge in [0.25, 0.3) is 0 Å². The average molecular weight is 312 g/mol. The van der Waals surface area contributed by atoms with Crippen LogP contribution in [0.1, 0.15) is 21.7 Å². The van der Waals surface area contributed by atoms with Gasteiger partial charge in [0.1, 0.15) is 10.8 Å². The molecule has 1 aromatic carbocycles. The third-order valence-corrected chi connectivity index (χ3v) is 4.15. The van der Waals surface area contributed by atoms with Crippen LogP contribution in [0, 0.1) is 13.8 Å². The predicted octanol–water partition coefficient (Wildman–Crippen LogP) is 4.21. The monoisotopic (exact) mass is 311 g/mol. The maximum atomic E-state index is 12.2. The van der Waals surface area contributed by atoms with Gasteiger partial charge in [-0.1, -0.05) is 29.3 Å². The number of ketones is 1. The highest BCUT2D eigenvalue weighted by molar-refractivity contribution is 6.42. The molecule has 0 N–H and O–H groups in total. The second-order valence-electron chi connectivity index (χ2n) is 4.61. The van der Waals surface area contributed by atoms with E-state index in [1.54, 1.807) is 18.2 Å². The zero-order valence-corrected chi connectivity index (χ0v) is 13.0. The van der Waals surface area contributed by atoms with Crippen molar-refractivity contribution in [3.05, 3.63) is 51.3 Å². The minimum Gasteiger partial charge on any atom is -0.484 e. The minimum atomic E-state index is -0.0813. The van der Waals surface area contributed by atoms with E-state index in [0.29, 0.717) is 21.4 Å². The molecule has 1 heterocycles. The van der Waals surface area contributed by atoms with Gasteiger partial charge in [-0.25, -0.2) is 0 Å². The lowest BCUT2D eigenvalue weighted by atomic mass is 10.1. The minimum absolute atomic E-state index is 0.0651. The normalized spacial score (nSPS) is 10.7. The van der Waals surface area contributed by atoms with E-state index in [4.69, 9.17) is 27.9 Å². The van der Waals surface area contributed by atoms with Crippen LogP contribution in [-0.2, 0) is 7.05 Å². The second kappa shape index (κ2) is 5.90. The molecule has 2 rings (SSSR count). The van der Waals surface area contributed by atoms with Gasteiger partial charge in [-0.15, -0.1) is 0 Å². The number of Topliss-reactive ketones (excluding diaryl/α,β-unsaturated/α-hetero) is 1. The summed E-state index contributed by atoms with van der Waals surface area (Å²) in [6, 6.07) is 6.94. The third kappa shape index (κ3) is 2.84. The number of carbonyl (C=O) groups is 1. The molecule has 3 nitrogen and oxygen atoms in total. The Morgan fingerprint density at radius 1 is 1.30 bits per heavy atom. The van der Waals surface area contributed by atoms with Crippen molar-refractivity contribution in [2.24, 2.45) is 7.05 Å². The molecule has 0 saturated carbocycles. The Bertz CT molecular complexity index is 662. The van der Waals surface area contributed by atoms with Gasteiger partial charge in [0.2, 0.25) is 5.78 Å². The predicted molar refractivity (Wildman–Crippen MR) is 81.2 cm³/mol. The van der Waals surface area contributed by atoms with E-state index in [2.05, 4.69) is 0 Å². The Balaban J connectivity index is 2.13. The summed E-state index contributed by atoms with van der Waals surface area (Å²) in [7, 11) is 1.93. The second-order valence-corrected chi connectivity index (χ2v) is 5.39. The van der Waals surface area contributed by atoms with Crippen molar-refractivity contribution in [1.82, 2.24) is 4.57 Å². The molecule has 0 fully saturated rings. The molecule has 0 atom stereocenters. The Hall–Kier alpha value is -1.45. The summed E-state index contributed by atoms with van der Waals surface area (Å²) in [5, 5.41) is 0.728. The Morgan fingerprint density at radius 2 is 2.00 bits per heavy atom. The highest BCUT2D eigenvalue weighted by atomic mass is 35.5. The molecule has 2 aromatic rings. The van der Waals surface area contributed by atoms with Gasteiger partial charge < -0.3 is 9.30 Å². The van der Waals surface area contributed by atoms with Crippen LogP contribution in [-0.4, -0.2) is 17.0 Å². The zero-order chi connectivity index (χ0) is 14.9. The maximum Gasteiger partial charge on any atom is 0.202 e. The first-order valence-electron chi connectivity index (χ1n) is 6.14. The average Bonchev–Trinajstić information content (AvgIpc) is 2.68. The molecule has 0 saturated heterocycles. The standard InChI is InChI=1S/C15H15Cl2NO2/c1-9-7-11(10(2)18(9)3)13(19)8-20-14-6-4-5-12(16)15(14)17/h4-7H,8H2,1-3H3. The molecule has 0 aliphatic carbocycles. The molecule has 0 amide bonds. The van der Waals surface area contributed by atoms with E-state index in [9.17, 15) is 4.79 Å². The number of ether oxygens (including phenoxy) is 1. The molecule has 0 aliphatic rings. The SMILES string of the molecule is Cc1cc(C(=O)COc2cccc(Cl)c2Cl)c(C)n1C. The molecule has 20 heavy (non-hydrogen) atoms. The van der Waals surface area contributed by atoms with E-state index >= 15 is 0 Å². The summed E-state index contributed by atoms with van der Waals surface area (Å²) < 4.78 is 7.43. The van der Waals surface area contributed by atoms with Crippen molar-refractivity contribution in [2.45, 2.75) is 13.8 Å². The third-order valence-electron chi connectivity index (χ3n) is 3.35. The topological polar surface area (TPSA) is 31.2 Å². The first-order valence-corrected chi connectivity index (χ1v) is 6.90. The fourth-order valence-electron chi connectivity index (χ4n) is 1.95. The van der Waals surface area contributed by atoms with E-state index in [1.807, 2.05) is 31.5 Å².